The highest BCUT2D eigenvalue weighted by molar-refractivity contribution is 7.92. The fourth-order valence-corrected chi connectivity index (χ4v) is 5.66. The smallest absolute Gasteiger partial charge is 0.264 e. The lowest BCUT2D eigenvalue weighted by molar-refractivity contribution is -0.139. The molecule has 0 aliphatic rings. The van der Waals surface area contributed by atoms with Crippen LogP contribution in [0, 0.1) is 12.8 Å². The van der Waals surface area contributed by atoms with E-state index in [1.807, 2.05) is 45.0 Å². The number of carbonyl (C=O) groups excluding carboxylic acids is 2. The van der Waals surface area contributed by atoms with Gasteiger partial charge in [-0.15, -0.1) is 0 Å². The monoisotopic (exact) mass is 599 g/mol. The van der Waals surface area contributed by atoms with Gasteiger partial charge in [-0.3, -0.25) is 13.9 Å². The highest BCUT2D eigenvalue weighted by atomic mass is 35.5. The van der Waals surface area contributed by atoms with Crippen LogP contribution in [0.2, 0.25) is 5.02 Å². The summed E-state index contributed by atoms with van der Waals surface area (Å²) in [5.74, 6) is -0.321. The molecule has 0 saturated heterocycles. The summed E-state index contributed by atoms with van der Waals surface area (Å²) in [7, 11) is -4.24. The molecule has 1 N–H and O–H groups in total. The number of sulfonamides is 1. The first-order chi connectivity index (χ1) is 19.4. The number of amides is 2. The average Bonchev–Trinajstić information content (AvgIpc) is 2.94. The molecule has 0 aliphatic heterocycles. The number of halogens is 1. The summed E-state index contributed by atoms with van der Waals surface area (Å²) in [6.07, 6.45) is 0. The molecule has 0 radical (unpaired) electrons. The topological polar surface area (TPSA) is 96.0 Å². The molecule has 220 valence electrons. The molecule has 1 atom stereocenters. The molecule has 0 fully saturated rings. The van der Waals surface area contributed by atoms with Crippen LogP contribution >= 0.6 is 11.6 Å². The van der Waals surface area contributed by atoms with Gasteiger partial charge in [-0.1, -0.05) is 67.4 Å². The fourth-order valence-electron chi connectivity index (χ4n) is 4.11. The first kappa shape index (κ1) is 32.0. The largest absolute Gasteiger partial charge is 0.492 e. The number of aryl methyl sites for hydroxylation is 1. The Bertz CT molecular complexity index is 1430. The third kappa shape index (κ3) is 8.47. The quantitative estimate of drug-likeness (QED) is 0.283. The number of benzene rings is 3. The first-order valence-corrected chi connectivity index (χ1v) is 15.4. The molecule has 0 bridgehead atoms. The van der Waals surface area contributed by atoms with Crippen molar-refractivity contribution in [3.05, 3.63) is 88.9 Å². The van der Waals surface area contributed by atoms with E-state index in [4.69, 9.17) is 16.3 Å². The molecule has 0 heterocycles. The van der Waals surface area contributed by atoms with Crippen LogP contribution in [-0.4, -0.2) is 50.9 Å². The van der Waals surface area contributed by atoms with Crippen LogP contribution in [0.4, 0.5) is 5.69 Å². The molecule has 3 aromatic carbocycles. The van der Waals surface area contributed by atoms with Crippen molar-refractivity contribution in [3.63, 3.8) is 0 Å². The summed E-state index contributed by atoms with van der Waals surface area (Å²) in [6.45, 7) is 9.69. The van der Waals surface area contributed by atoms with Gasteiger partial charge in [0.05, 0.1) is 17.2 Å². The Morgan fingerprint density at radius 3 is 2.20 bits per heavy atom. The minimum absolute atomic E-state index is 0.0335. The first-order valence-electron chi connectivity index (χ1n) is 13.6. The normalized spacial score (nSPS) is 12.1. The molecule has 2 amide bonds. The van der Waals surface area contributed by atoms with Crippen LogP contribution in [0.1, 0.15) is 38.8 Å². The van der Waals surface area contributed by atoms with Gasteiger partial charge in [0.15, 0.2) is 0 Å². The summed E-state index contributed by atoms with van der Waals surface area (Å²) in [4.78, 5) is 28.6. The Hall–Kier alpha value is -3.56. The Balaban J connectivity index is 2.06. The van der Waals surface area contributed by atoms with Crippen molar-refractivity contribution in [1.82, 2.24) is 10.2 Å². The van der Waals surface area contributed by atoms with E-state index in [-0.39, 0.29) is 29.0 Å². The third-order valence-electron chi connectivity index (χ3n) is 6.44. The minimum Gasteiger partial charge on any atom is -0.492 e. The van der Waals surface area contributed by atoms with Crippen molar-refractivity contribution in [1.29, 1.82) is 0 Å². The number of hydrogen-bond acceptors (Lipinski definition) is 5. The standard InChI is InChI=1S/C31H38ClN3O5S/c1-6-40-29-10-8-7-9-28(29)35(41(38,39)27-17-15-26(32)16-18-27)21-30(36)34(20-25-13-11-23(4)12-14-25)24(5)31(37)33-19-22(2)3/h7-18,22,24H,6,19-21H2,1-5H3,(H,33,37)/t24-/m1/s1. The second-order valence-corrected chi connectivity index (χ2v) is 12.5. The van der Waals surface area contributed by atoms with Crippen LogP contribution in [0.15, 0.2) is 77.7 Å². The van der Waals surface area contributed by atoms with Crippen molar-refractivity contribution < 1.29 is 22.7 Å². The zero-order valence-corrected chi connectivity index (χ0v) is 25.7. The molecule has 0 saturated carbocycles. The number of ether oxygens (including phenoxy) is 1. The van der Waals surface area contributed by atoms with Crippen LogP contribution in [0.25, 0.3) is 0 Å². The molecular formula is C31H38ClN3O5S. The van der Waals surface area contributed by atoms with E-state index in [1.165, 1.54) is 29.2 Å². The average molecular weight is 600 g/mol. The molecule has 0 spiro atoms. The highest BCUT2D eigenvalue weighted by Gasteiger charge is 2.33. The summed E-state index contributed by atoms with van der Waals surface area (Å²) in [6, 6.07) is 19.2. The van der Waals surface area contributed by atoms with E-state index in [2.05, 4.69) is 5.32 Å². The van der Waals surface area contributed by atoms with Crippen LogP contribution in [0.5, 0.6) is 5.75 Å². The Morgan fingerprint density at radius 1 is 0.951 bits per heavy atom. The van der Waals surface area contributed by atoms with Gasteiger partial charge in [0.1, 0.15) is 18.3 Å². The zero-order valence-electron chi connectivity index (χ0n) is 24.1. The van der Waals surface area contributed by atoms with E-state index < -0.39 is 28.5 Å². The van der Waals surface area contributed by atoms with Gasteiger partial charge in [0, 0.05) is 18.1 Å². The molecule has 0 aromatic heterocycles. The van der Waals surface area contributed by atoms with Gasteiger partial charge in [-0.05, 0) is 68.7 Å². The fraction of sp³-hybridized carbons (Fsp3) is 0.355. The Morgan fingerprint density at radius 2 is 1.59 bits per heavy atom. The lowest BCUT2D eigenvalue weighted by Gasteiger charge is -2.32. The van der Waals surface area contributed by atoms with Gasteiger partial charge in [-0.25, -0.2) is 8.42 Å². The lowest BCUT2D eigenvalue weighted by Crippen LogP contribution is -2.51. The van der Waals surface area contributed by atoms with Gasteiger partial charge in [0.2, 0.25) is 11.8 Å². The number of carbonyl (C=O) groups is 2. The number of hydrogen-bond donors (Lipinski definition) is 1. The van der Waals surface area contributed by atoms with Crippen molar-refractivity contribution in [2.75, 3.05) is 24.0 Å². The Kier molecular flexibility index (Phi) is 11.2. The van der Waals surface area contributed by atoms with Crippen molar-refractivity contribution in [3.8, 4) is 5.75 Å². The molecule has 3 rings (SSSR count). The van der Waals surface area contributed by atoms with E-state index in [0.717, 1.165) is 15.4 Å². The van der Waals surface area contributed by atoms with E-state index in [1.54, 1.807) is 38.1 Å². The molecule has 0 unspecified atom stereocenters. The number of nitrogens with zero attached hydrogens (tertiary/aromatic N) is 2. The molecule has 8 nitrogen and oxygen atoms in total. The zero-order chi connectivity index (χ0) is 30.2. The number of anilines is 1. The second kappa shape index (κ2) is 14.4. The molecule has 10 heteroatoms. The maximum atomic E-state index is 14.1. The van der Waals surface area contributed by atoms with E-state index >= 15 is 0 Å². The van der Waals surface area contributed by atoms with Crippen molar-refractivity contribution in [2.45, 2.75) is 52.1 Å². The van der Waals surface area contributed by atoms with Gasteiger partial charge < -0.3 is 15.0 Å². The van der Waals surface area contributed by atoms with Gasteiger partial charge in [0.25, 0.3) is 10.0 Å². The summed E-state index contributed by atoms with van der Waals surface area (Å²) >= 11 is 6.02. The Labute approximate surface area is 248 Å². The van der Waals surface area contributed by atoms with E-state index in [0.29, 0.717) is 23.9 Å². The van der Waals surface area contributed by atoms with Gasteiger partial charge >= 0.3 is 0 Å². The maximum Gasteiger partial charge on any atom is 0.264 e. The number of para-hydroxylation sites is 2. The molecule has 3 aromatic rings. The van der Waals surface area contributed by atoms with E-state index in [9.17, 15) is 18.0 Å². The van der Waals surface area contributed by atoms with Gasteiger partial charge in [-0.2, -0.15) is 0 Å². The summed E-state index contributed by atoms with van der Waals surface area (Å²) < 4.78 is 34.8. The molecule has 0 aliphatic carbocycles. The summed E-state index contributed by atoms with van der Waals surface area (Å²) in [5, 5.41) is 3.27. The van der Waals surface area contributed by atoms with Crippen LogP contribution < -0.4 is 14.4 Å². The highest BCUT2D eigenvalue weighted by Crippen LogP contribution is 2.33. The number of nitrogens with one attached hydrogen (secondary N) is 1. The lowest BCUT2D eigenvalue weighted by atomic mass is 10.1. The van der Waals surface area contributed by atoms with Crippen LogP contribution in [-0.2, 0) is 26.2 Å². The third-order valence-corrected chi connectivity index (χ3v) is 8.47. The molecule has 41 heavy (non-hydrogen) atoms. The predicted octanol–water partition coefficient (Wildman–Crippen LogP) is 5.43. The maximum absolute atomic E-state index is 14.1. The van der Waals surface area contributed by atoms with Crippen LogP contribution in [0.3, 0.4) is 0 Å². The minimum atomic E-state index is -4.24. The summed E-state index contributed by atoms with van der Waals surface area (Å²) in [5.41, 5.74) is 2.08. The SMILES string of the molecule is CCOc1ccccc1N(CC(=O)N(Cc1ccc(C)cc1)[C@H](C)C(=O)NCC(C)C)S(=O)(=O)c1ccc(Cl)cc1. The van der Waals surface area contributed by atoms with Crippen molar-refractivity contribution >= 4 is 39.1 Å². The predicted molar refractivity (Wildman–Crippen MR) is 163 cm³/mol. The number of rotatable bonds is 13. The molecular weight excluding hydrogens is 562 g/mol. The second-order valence-electron chi connectivity index (χ2n) is 10.2. The van der Waals surface area contributed by atoms with Crippen molar-refractivity contribution in [2.24, 2.45) is 5.92 Å².